The number of carbonyl (C=O) groups excluding carboxylic acids is 2. The molecule has 0 aliphatic carbocycles. The Kier molecular flexibility index (Phi) is 5.11. The van der Waals surface area contributed by atoms with E-state index in [-0.39, 0.29) is 0 Å². The number of hydrogen-bond acceptors (Lipinski definition) is 3. The minimum Gasteiger partial charge on any atom is -0.351 e. The Morgan fingerprint density at radius 3 is 2.76 bits per heavy atom. The largest absolute Gasteiger partial charge is 0.351 e. The van der Waals surface area contributed by atoms with Crippen molar-refractivity contribution in [1.82, 2.24) is 10.6 Å². The Labute approximate surface area is 108 Å². The van der Waals surface area contributed by atoms with E-state index in [1.807, 2.05) is 29.6 Å². The summed E-state index contributed by atoms with van der Waals surface area (Å²) in [5, 5.41) is 5.01. The summed E-state index contributed by atoms with van der Waals surface area (Å²) in [6.45, 7) is 2.20. The molecule has 0 spiro atoms. The van der Waals surface area contributed by atoms with Crippen LogP contribution < -0.4 is 16.4 Å². The third-order valence-corrected chi connectivity index (χ3v) is 2.63. The van der Waals surface area contributed by atoms with Crippen molar-refractivity contribution in [2.24, 2.45) is 5.73 Å². The summed E-state index contributed by atoms with van der Waals surface area (Å²) in [5.41, 5.74) is 5.89. The van der Waals surface area contributed by atoms with Crippen molar-refractivity contribution < 1.29 is 9.59 Å². The molecule has 3 amide bonds. The average Bonchev–Trinajstić information content (AvgIpc) is 2.25. The van der Waals surface area contributed by atoms with Gasteiger partial charge < -0.3 is 11.1 Å². The van der Waals surface area contributed by atoms with Gasteiger partial charge in [0, 0.05) is 11.0 Å². The average molecular weight is 300 g/mol. The summed E-state index contributed by atoms with van der Waals surface area (Å²) in [5.74, 6) is -0.438. The van der Waals surface area contributed by atoms with Crippen LogP contribution in [0, 0.1) is 0 Å². The summed E-state index contributed by atoms with van der Waals surface area (Å²) in [6.07, 6.45) is 0. The van der Waals surface area contributed by atoms with E-state index >= 15 is 0 Å². The van der Waals surface area contributed by atoms with Crippen LogP contribution in [0.15, 0.2) is 28.7 Å². The predicted octanol–water partition coefficient (Wildman–Crippen LogP) is 1.12. The maximum absolute atomic E-state index is 11.4. The van der Waals surface area contributed by atoms with Crippen LogP contribution in [0.25, 0.3) is 0 Å². The monoisotopic (exact) mass is 299 g/mol. The number of nitrogens with one attached hydrogen (secondary N) is 2. The molecule has 0 fully saturated rings. The molecule has 4 N–H and O–H groups in total. The molecule has 0 bridgehead atoms. The zero-order chi connectivity index (χ0) is 12.8. The van der Waals surface area contributed by atoms with Crippen molar-refractivity contribution in [3.63, 3.8) is 0 Å². The molecule has 1 aromatic carbocycles. The number of primary amides is 1. The highest BCUT2D eigenvalue weighted by atomic mass is 79.9. The number of urea groups is 1. The van der Waals surface area contributed by atoms with Crippen LogP contribution in [0.2, 0.25) is 0 Å². The molecular formula is C11H14BrN3O2. The fourth-order valence-corrected chi connectivity index (χ4v) is 1.69. The fourth-order valence-electron chi connectivity index (χ4n) is 1.24. The van der Waals surface area contributed by atoms with Crippen molar-refractivity contribution in [2.45, 2.75) is 19.5 Å². The van der Waals surface area contributed by atoms with Crippen molar-refractivity contribution >= 4 is 27.9 Å². The summed E-state index contributed by atoms with van der Waals surface area (Å²) in [6, 6.07) is 6.40. The summed E-state index contributed by atoms with van der Waals surface area (Å²) in [4.78, 5) is 21.8. The lowest BCUT2D eigenvalue weighted by molar-refractivity contribution is -0.121. The van der Waals surface area contributed by atoms with Gasteiger partial charge in [-0.25, -0.2) is 4.79 Å². The molecule has 1 unspecified atom stereocenters. The second kappa shape index (κ2) is 6.36. The van der Waals surface area contributed by atoms with Gasteiger partial charge >= 0.3 is 6.03 Å². The first-order valence-corrected chi connectivity index (χ1v) is 5.86. The molecule has 0 heterocycles. The molecule has 0 saturated carbocycles. The zero-order valence-electron chi connectivity index (χ0n) is 9.37. The summed E-state index contributed by atoms with van der Waals surface area (Å²) in [7, 11) is 0. The van der Waals surface area contributed by atoms with Gasteiger partial charge in [0.1, 0.15) is 0 Å². The topological polar surface area (TPSA) is 84.2 Å². The van der Waals surface area contributed by atoms with Gasteiger partial charge in [0.2, 0.25) is 5.91 Å². The summed E-state index contributed by atoms with van der Waals surface area (Å²) >= 11 is 3.36. The quantitative estimate of drug-likeness (QED) is 0.779. The standard InChI is InChI=1S/C11H14BrN3O2/c1-7(10(16)15-11(13)17)14-6-8-3-2-4-9(12)5-8/h2-5,7,14H,6H2,1H3,(H3,13,15,16,17). The minimum absolute atomic E-state index is 0.438. The van der Waals surface area contributed by atoms with E-state index < -0.39 is 18.0 Å². The van der Waals surface area contributed by atoms with Crippen LogP contribution in [0.5, 0.6) is 0 Å². The molecule has 6 heteroatoms. The van der Waals surface area contributed by atoms with Gasteiger partial charge in [-0.3, -0.25) is 10.1 Å². The molecule has 92 valence electrons. The highest BCUT2D eigenvalue weighted by molar-refractivity contribution is 9.10. The van der Waals surface area contributed by atoms with Crippen molar-refractivity contribution in [2.75, 3.05) is 0 Å². The van der Waals surface area contributed by atoms with Crippen LogP contribution in [0.4, 0.5) is 4.79 Å². The molecule has 0 aromatic heterocycles. The van der Waals surface area contributed by atoms with Crippen molar-refractivity contribution in [3.05, 3.63) is 34.3 Å². The number of hydrogen-bond donors (Lipinski definition) is 3. The number of benzene rings is 1. The number of imide groups is 1. The van der Waals surface area contributed by atoms with E-state index in [1.165, 1.54) is 0 Å². The Hall–Kier alpha value is -1.40. The summed E-state index contributed by atoms with van der Waals surface area (Å²) < 4.78 is 0.978. The van der Waals surface area contributed by atoms with E-state index in [0.717, 1.165) is 10.0 Å². The SMILES string of the molecule is CC(NCc1cccc(Br)c1)C(=O)NC(N)=O. The molecule has 1 atom stereocenters. The van der Waals surface area contributed by atoms with Crippen LogP contribution in [-0.4, -0.2) is 18.0 Å². The van der Waals surface area contributed by atoms with Gasteiger partial charge in [0.05, 0.1) is 6.04 Å². The molecule has 5 nitrogen and oxygen atoms in total. The van der Waals surface area contributed by atoms with E-state index in [1.54, 1.807) is 6.92 Å². The van der Waals surface area contributed by atoms with Gasteiger partial charge in [-0.15, -0.1) is 0 Å². The smallest absolute Gasteiger partial charge is 0.318 e. The lowest BCUT2D eigenvalue weighted by atomic mass is 10.2. The number of amides is 3. The third-order valence-electron chi connectivity index (χ3n) is 2.14. The van der Waals surface area contributed by atoms with E-state index in [2.05, 4.69) is 21.2 Å². The van der Waals surface area contributed by atoms with E-state index in [4.69, 9.17) is 5.73 Å². The molecule has 17 heavy (non-hydrogen) atoms. The molecule has 0 saturated heterocycles. The fraction of sp³-hybridized carbons (Fsp3) is 0.273. The van der Waals surface area contributed by atoms with Gasteiger partial charge in [0.15, 0.2) is 0 Å². The van der Waals surface area contributed by atoms with Crippen molar-refractivity contribution in [3.8, 4) is 0 Å². The van der Waals surface area contributed by atoms with Crippen LogP contribution in [0.1, 0.15) is 12.5 Å². The molecule has 1 aromatic rings. The van der Waals surface area contributed by atoms with Crippen molar-refractivity contribution in [1.29, 1.82) is 0 Å². The Bertz CT molecular complexity index is 423. The van der Waals surface area contributed by atoms with E-state index in [9.17, 15) is 9.59 Å². The maximum Gasteiger partial charge on any atom is 0.318 e. The van der Waals surface area contributed by atoms with Gasteiger partial charge in [-0.2, -0.15) is 0 Å². The number of rotatable bonds is 4. The Morgan fingerprint density at radius 1 is 1.47 bits per heavy atom. The number of nitrogens with two attached hydrogens (primary N) is 1. The molecule has 1 rings (SSSR count). The number of halogens is 1. The molecule has 0 radical (unpaired) electrons. The van der Waals surface area contributed by atoms with Gasteiger partial charge in [0.25, 0.3) is 0 Å². The Morgan fingerprint density at radius 2 is 2.18 bits per heavy atom. The first-order valence-electron chi connectivity index (χ1n) is 5.07. The van der Waals surface area contributed by atoms with Crippen LogP contribution in [-0.2, 0) is 11.3 Å². The van der Waals surface area contributed by atoms with Crippen LogP contribution >= 0.6 is 15.9 Å². The highest BCUT2D eigenvalue weighted by Gasteiger charge is 2.13. The second-order valence-electron chi connectivity index (χ2n) is 3.59. The molecule has 0 aliphatic heterocycles. The normalized spacial score (nSPS) is 11.9. The third kappa shape index (κ3) is 4.97. The molecule has 0 aliphatic rings. The Balaban J connectivity index is 2.45. The predicted molar refractivity (Wildman–Crippen MR) is 68.2 cm³/mol. The lowest BCUT2D eigenvalue weighted by Crippen LogP contribution is -2.46. The molecular weight excluding hydrogens is 286 g/mol. The maximum atomic E-state index is 11.4. The lowest BCUT2D eigenvalue weighted by Gasteiger charge is -2.12. The van der Waals surface area contributed by atoms with Gasteiger partial charge in [-0.05, 0) is 24.6 Å². The minimum atomic E-state index is -0.842. The van der Waals surface area contributed by atoms with Crippen LogP contribution in [0.3, 0.4) is 0 Å². The van der Waals surface area contributed by atoms with E-state index in [0.29, 0.717) is 6.54 Å². The van der Waals surface area contributed by atoms with Gasteiger partial charge in [-0.1, -0.05) is 28.1 Å². The highest BCUT2D eigenvalue weighted by Crippen LogP contribution is 2.11. The zero-order valence-corrected chi connectivity index (χ0v) is 11.0. The first-order chi connectivity index (χ1) is 7.99. The second-order valence-corrected chi connectivity index (χ2v) is 4.50. The number of carbonyl (C=O) groups is 2. The first kappa shape index (κ1) is 13.7.